The molecule has 0 aliphatic carbocycles. The molecule has 0 bridgehead atoms. The summed E-state index contributed by atoms with van der Waals surface area (Å²) in [6.45, 7) is 5.90. The quantitative estimate of drug-likeness (QED) is 0.827. The fourth-order valence-corrected chi connectivity index (χ4v) is 4.60. The molecule has 140 valence electrons. The molecule has 1 amide bonds. The number of aromatic amines is 1. The summed E-state index contributed by atoms with van der Waals surface area (Å²) in [6, 6.07) is 0.228. The lowest BCUT2D eigenvalue weighted by Crippen LogP contribution is -2.45. The second-order valence-electron chi connectivity index (χ2n) is 6.61. The third kappa shape index (κ3) is 3.51. The Morgan fingerprint density at radius 2 is 2.12 bits per heavy atom. The Kier molecular flexibility index (Phi) is 5.41. The number of nitrogens with one attached hydrogen (secondary N) is 1. The first-order valence-electron chi connectivity index (χ1n) is 8.89. The number of hydrogen-bond donors (Lipinski definition) is 1. The molecule has 0 spiro atoms. The van der Waals surface area contributed by atoms with E-state index in [2.05, 4.69) is 16.9 Å². The SMILES string of the molecule is CC[C@@H]1CCCCN1C(=O)COC(=O)c1sc2nc(C)[nH]c(=O)c2c1C. The van der Waals surface area contributed by atoms with Gasteiger partial charge in [-0.05, 0) is 45.1 Å². The van der Waals surface area contributed by atoms with Crippen LogP contribution in [0.4, 0.5) is 0 Å². The number of hydrogen-bond acceptors (Lipinski definition) is 6. The van der Waals surface area contributed by atoms with Gasteiger partial charge in [-0.2, -0.15) is 0 Å². The van der Waals surface area contributed by atoms with Gasteiger partial charge in [-0.15, -0.1) is 11.3 Å². The summed E-state index contributed by atoms with van der Waals surface area (Å²) in [4.78, 5) is 46.5. The number of piperidine rings is 1. The number of aromatic nitrogens is 2. The van der Waals surface area contributed by atoms with E-state index in [-0.39, 0.29) is 24.1 Å². The summed E-state index contributed by atoms with van der Waals surface area (Å²) < 4.78 is 5.26. The van der Waals surface area contributed by atoms with Crippen molar-refractivity contribution >= 4 is 33.4 Å². The highest BCUT2D eigenvalue weighted by Gasteiger charge is 2.27. The van der Waals surface area contributed by atoms with Crippen LogP contribution in [0.5, 0.6) is 0 Å². The number of nitrogens with zero attached hydrogens (tertiary/aromatic N) is 2. The van der Waals surface area contributed by atoms with E-state index in [0.29, 0.717) is 26.5 Å². The molecule has 0 unspecified atom stereocenters. The van der Waals surface area contributed by atoms with Gasteiger partial charge in [-0.25, -0.2) is 9.78 Å². The lowest BCUT2D eigenvalue weighted by molar-refractivity contribution is -0.138. The molecule has 2 aromatic rings. The maximum atomic E-state index is 12.4. The van der Waals surface area contributed by atoms with Gasteiger partial charge in [-0.3, -0.25) is 9.59 Å². The largest absolute Gasteiger partial charge is 0.451 e. The van der Waals surface area contributed by atoms with Crippen LogP contribution in [-0.2, 0) is 9.53 Å². The number of carbonyl (C=O) groups is 2. The van der Waals surface area contributed by atoms with Gasteiger partial charge in [0.2, 0.25) is 0 Å². The summed E-state index contributed by atoms with van der Waals surface area (Å²) in [5, 5.41) is 0.404. The lowest BCUT2D eigenvalue weighted by atomic mass is 10.00. The monoisotopic (exact) mass is 377 g/mol. The average molecular weight is 377 g/mol. The number of esters is 1. The maximum Gasteiger partial charge on any atom is 0.349 e. The van der Waals surface area contributed by atoms with E-state index >= 15 is 0 Å². The van der Waals surface area contributed by atoms with Crippen molar-refractivity contribution in [3.63, 3.8) is 0 Å². The highest BCUT2D eigenvalue weighted by Crippen LogP contribution is 2.27. The summed E-state index contributed by atoms with van der Waals surface area (Å²) in [5.74, 6) is -0.244. The predicted octanol–water partition coefficient (Wildman–Crippen LogP) is 2.55. The molecule has 8 heteroatoms. The maximum absolute atomic E-state index is 12.4. The summed E-state index contributed by atoms with van der Waals surface area (Å²) in [6.07, 6.45) is 4.02. The Labute approximate surface area is 155 Å². The molecule has 0 saturated carbocycles. The fourth-order valence-electron chi connectivity index (χ4n) is 3.48. The van der Waals surface area contributed by atoms with Gasteiger partial charge >= 0.3 is 5.97 Å². The molecule has 1 saturated heterocycles. The fraction of sp³-hybridized carbons (Fsp3) is 0.556. The summed E-state index contributed by atoms with van der Waals surface area (Å²) >= 11 is 1.12. The van der Waals surface area contributed by atoms with Crippen LogP contribution in [0.1, 0.15) is 53.7 Å². The highest BCUT2D eigenvalue weighted by molar-refractivity contribution is 7.20. The van der Waals surface area contributed by atoms with Gasteiger partial charge in [0.05, 0.1) is 5.39 Å². The standard InChI is InChI=1S/C18H23N3O4S/c1-4-12-7-5-6-8-21(12)13(22)9-25-18(24)15-10(2)14-16(23)19-11(3)20-17(14)26-15/h12H,4-9H2,1-3H3,(H,19,20,23)/t12-/m1/s1. The number of H-pyrrole nitrogens is 1. The molecule has 2 aromatic heterocycles. The molecule has 0 aromatic carbocycles. The van der Waals surface area contributed by atoms with Crippen LogP contribution in [0.15, 0.2) is 4.79 Å². The zero-order valence-electron chi connectivity index (χ0n) is 15.3. The van der Waals surface area contributed by atoms with Crippen molar-refractivity contribution in [1.29, 1.82) is 0 Å². The van der Waals surface area contributed by atoms with Gasteiger partial charge in [0.15, 0.2) is 6.61 Å². The van der Waals surface area contributed by atoms with Crippen LogP contribution in [0.25, 0.3) is 10.2 Å². The van der Waals surface area contributed by atoms with E-state index in [4.69, 9.17) is 4.74 Å². The Balaban J connectivity index is 1.73. The van der Waals surface area contributed by atoms with E-state index in [1.165, 1.54) is 0 Å². The van der Waals surface area contributed by atoms with Crippen LogP contribution in [0.2, 0.25) is 0 Å². The van der Waals surface area contributed by atoms with Crippen LogP contribution >= 0.6 is 11.3 Å². The zero-order valence-corrected chi connectivity index (χ0v) is 16.1. The third-order valence-electron chi connectivity index (χ3n) is 4.85. The van der Waals surface area contributed by atoms with E-state index in [9.17, 15) is 14.4 Å². The van der Waals surface area contributed by atoms with Gasteiger partial charge in [-0.1, -0.05) is 6.92 Å². The number of fused-ring (bicyclic) bond motifs is 1. The van der Waals surface area contributed by atoms with Crippen molar-refractivity contribution in [3.05, 3.63) is 26.6 Å². The highest BCUT2D eigenvalue weighted by atomic mass is 32.1. The van der Waals surface area contributed by atoms with Crippen LogP contribution in [0, 0.1) is 13.8 Å². The minimum Gasteiger partial charge on any atom is -0.451 e. The van der Waals surface area contributed by atoms with Crippen LogP contribution in [0.3, 0.4) is 0 Å². The first-order chi connectivity index (χ1) is 12.4. The smallest absolute Gasteiger partial charge is 0.349 e. The van der Waals surface area contributed by atoms with Gasteiger partial charge in [0.1, 0.15) is 15.5 Å². The Morgan fingerprint density at radius 3 is 2.85 bits per heavy atom. The minimum absolute atomic E-state index is 0.157. The number of amides is 1. The van der Waals surface area contributed by atoms with Crippen LogP contribution in [-0.4, -0.2) is 45.9 Å². The molecular weight excluding hydrogens is 354 g/mol. The van der Waals surface area contributed by atoms with Gasteiger partial charge < -0.3 is 14.6 Å². The average Bonchev–Trinajstić information content (AvgIpc) is 2.95. The van der Waals surface area contributed by atoms with Crippen LogP contribution < -0.4 is 5.56 Å². The summed E-state index contributed by atoms with van der Waals surface area (Å²) in [5.41, 5.74) is 0.274. The first-order valence-corrected chi connectivity index (χ1v) is 9.70. The van der Waals surface area contributed by atoms with E-state index in [1.807, 2.05) is 4.90 Å². The molecule has 7 nitrogen and oxygen atoms in total. The normalized spacial score (nSPS) is 17.5. The van der Waals surface area contributed by atoms with Crippen molar-refractivity contribution in [1.82, 2.24) is 14.9 Å². The number of ether oxygens (including phenoxy) is 1. The topological polar surface area (TPSA) is 92.4 Å². The van der Waals surface area contributed by atoms with Crippen molar-refractivity contribution in [2.24, 2.45) is 0 Å². The van der Waals surface area contributed by atoms with Gasteiger partial charge in [0, 0.05) is 12.6 Å². The van der Waals surface area contributed by atoms with E-state index < -0.39 is 5.97 Å². The van der Waals surface area contributed by atoms with E-state index in [1.54, 1.807) is 13.8 Å². The molecule has 1 aliphatic rings. The first kappa shape index (κ1) is 18.6. The van der Waals surface area contributed by atoms with Gasteiger partial charge in [0.25, 0.3) is 11.5 Å². The molecule has 1 atom stereocenters. The van der Waals surface area contributed by atoms with Crippen molar-refractivity contribution < 1.29 is 14.3 Å². The van der Waals surface area contributed by atoms with E-state index in [0.717, 1.165) is 43.6 Å². The molecule has 3 heterocycles. The molecule has 3 rings (SSSR count). The number of likely N-dealkylation sites (tertiary alicyclic amines) is 1. The second-order valence-corrected chi connectivity index (χ2v) is 7.61. The van der Waals surface area contributed by atoms with Crippen molar-refractivity contribution in [2.75, 3.05) is 13.2 Å². The number of carbonyl (C=O) groups excluding carboxylic acids is 2. The molecular formula is C18H23N3O4S. The van der Waals surface area contributed by atoms with Crippen molar-refractivity contribution in [2.45, 2.75) is 52.5 Å². The second kappa shape index (κ2) is 7.57. The molecule has 26 heavy (non-hydrogen) atoms. The molecule has 0 radical (unpaired) electrons. The third-order valence-corrected chi connectivity index (χ3v) is 6.02. The molecule has 1 fully saturated rings. The predicted molar refractivity (Wildman–Crippen MR) is 99.6 cm³/mol. The molecule has 1 aliphatic heterocycles. The molecule has 1 N–H and O–H groups in total. The zero-order chi connectivity index (χ0) is 18.8. The Hall–Kier alpha value is -2.22. The number of aryl methyl sites for hydroxylation is 2. The van der Waals surface area contributed by atoms with Crippen molar-refractivity contribution in [3.8, 4) is 0 Å². The number of rotatable bonds is 4. The minimum atomic E-state index is -0.582. The summed E-state index contributed by atoms with van der Waals surface area (Å²) in [7, 11) is 0. The Morgan fingerprint density at radius 1 is 1.35 bits per heavy atom. The lowest BCUT2D eigenvalue weighted by Gasteiger charge is -2.35. The number of thiophene rings is 1. The Bertz CT molecular complexity index is 902.